The molecular weight excluding hydrogens is 424 g/mol. The first kappa shape index (κ1) is 21.1. The van der Waals surface area contributed by atoms with Crippen molar-refractivity contribution in [3.8, 4) is 5.75 Å². The second kappa shape index (κ2) is 9.34. The summed E-state index contributed by atoms with van der Waals surface area (Å²) in [5.74, 6) is -1.34. The van der Waals surface area contributed by atoms with Crippen LogP contribution in [0.4, 0.5) is 19.7 Å². The van der Waals surface area contributed by atoms with E-state index in [0.717, 1.165) is 42.1 Å². The van der Waals surface area contributed by atoms with Gasteiger partial charge in [-0.05, 0) is 43.5 Å². The van der Waals surface area contributed by atoms with Crippen molar-refractivity contribution < 1.29 is 18.3 Å². The molecule has 1 aliphatic rings. The highest BCUT2D eigenvalue weighted by Crippen LogP contribution is 2.32. The van der Waals surface area contributed by atoms with Gasteiger partial charge in [0.15, 0.2) is 18.2 Å². The van der Waals surface area contributed by atoms with Crippen LogP contribution in [0.25, 0.3) is 0 Å². The third kappa shape index (κ3) is 4.96. The first-order valence-corrected chi connectivity index (χ1v) is 10.8. The van der Waals surface area contributed by atoms with Crippen LogP contribution in [0.15, 0.2) is 36.4 Å². The lowest BCUT2D eigenvalue weighted by Gasteiger charge is -2.24. The highest BCUT2D eigenvalue weighted by Gasteiger charge is 2.31. The Morgan fingerprint density at radius 1 is 1.29 bits per heavy atom. The predicted octanol–water partition coefficient (Wildman–Crippen LogP) is 4.26. The maximum absolute atomic E-state index is 13.8. The fourth-order valence-electron chi connectivity index (χ4n) is 3.45. The number of benzene rings is 1. The van der Waals surface area contributed by atoms with Gasteiger partial charge in [-0.15, -0.1) is 10.2 Å². The van der Waals surface area contributed by atoms with Crippen molar-refractivity contribution in [3.05, 3.63) is 58.7 Å². The number of carbonyl (C=O) groups excluding carboxylic acids is 1. The zero-order valence-corrected chi connectivity index (χ0v) is 17.7. The van der Waals surface area contributed by atoms with Crippen LogP contribution >= 0.6 is 11.3 Å². The van der Waals surface area contributed by atoms with Gasteiger partial charge in [0, 0.05) is 12.6 Å². The number of ether oxygens (including phenoxy) is 1. The van der Waals surface area contributed by atoms with E-state index >= 15 is 0 Å². The largest absolute Gasteiger partial charge is 0.481 e. The number of pyridine rings is 1. The van der Waals surface area contributed by atoms with Crippen molar-refractivity contribution in [1.29, 1.82) is 0 Å². The maximum Gasteiger partial charge on any atom is 0.261 e. The van der Waals surface area contributed by atoms with E-state index < -0.39 is 11.6 Å². The fraction of sp³-hybridized carbons (Fsp3) is 0.333. The number of nitrogens with zero attached hydrogens (tertiary/aromatic N) is 4. The van der Waals surface area contributed by atoms with E-state index in [4.69, 9.17) is 4.74 Å². The molecule has 0 aliphatic carbocycles. The van der Waals surface area contributed by atoms with Crippen LogP contribution in [0.3, 0.4) is 0 Å². The molecule has 0 bridgehead atoms. The number of halogens is 2. The summed E-state index contributed by atoms with van der Waals surface area (Å²) in [6.45, 7) is 2.25. The number of aryl methyl sites for hydroxylation is 1. The number of aromatic nitrogens is 3. The van der Waals surface area contributed by atoms with Gasteiger partial charge in [0.25, 0.3) is 5.91 Å². The molecule has 1 N–H and O–H groups in total. The van der Waals surface area contributed by atoms with Crippen molar-refractivity contribution in [3.63, 3.8) is 0 Å². The Labute approximate surface area is 182 Å². The highest BCUT2D eigenvalue weighted by molar-refractivity contribution is 7.15. The molecule has 0 unspecified atom stereocenters. The third-order valence-electron chi connectivity index (χ3n) is 4.93. The molecular formula is C21H21F2N5O2S. The van der Waals surface area contributed by atoms with E-state index in [1.165, 1.54) is 17.4 Å². The Kier molecular flexibility index (Phi) is 6.36. The molecule has 10 heteroatoms. The third-order valence-corrected chi connectivity index (χ3v) is 5.92. The lowest BCUT2D eigenvalue weighted by Crippen LogP contribution is -2.34. The van der Waals surface area contributed by atoms with Gasteiger partial charge in [-0.25, -0.2) is 13.8 Å². The van der Waals surface area contributed by atoms with Gasteiger partial charge in [0.05, 0.1) is 11.7 Å². The summed E-state index contributed by atoms with van der Waals surface area (Å²) in [4.78, 5) is 19.1. The molecule has 3 aromatic rings. The minimum atomic E-state index is -0.839. The quantitative estimate of drug-likeness (QED) is 0.585. The molecule has 1 atom stereocenters. The molecule has 1 amide bonds. The SMILES string of the molecule is CCc1nnc(Nc2cccc([C@H]3CCCN3C(=O)COc3ccc(F)cc3F)n2)s1. The van der Waals surface area contributed by atoms with Crippen LogP contribution in [0.1, 0.15) is 36.5 Å². The Morgan fingerprint density at radius 2 is 2.16 bits per heavy atom. The van der Waals surface area contributed by atoms with E-state index in [1.807, 2.05) is 25.1 Å². The number of carbonyl (C=O) groups is 1. The Morgan fingerprint density at radius 3 is 2.94 bits per heavy atom. The molecule has 0 spiro atoms. The fourth-order valence-corrected chi connectivity index (χ4v) is 4.14. The van der Waals surface area contributed by atoms with Crippen molar-refractivity contribution in [1.82, 2.24) is 20.1 Å². The van der Waals surface area contributed by atoms with Crippen LogP contribution in [0.2, 0.25) is 0 Å². The van der Waals surface area contributed by atoms with Crippen molar-refractivity contribution >= 4 is 28.2 Å². The van der Waals surface area contributed by atoms with Gasteiger partial charge >= 0.3 is 0 Å². The zero-order chi connectivity index (χ0) is 21.8. The Hall–Kier alpha value is -3.14. The van der Waals surface area contributed by atoms with E-state index in [2.05, 4.69) is 20.5 Å². The summed E-state index contributed by atoms with van der Waals surface area (Å²) in [7, 11) is 0. The predicted molar refractivity (Wildman–Crippen MR) is 112 cm³/mol. The van der Waals surface area contributed by atoms with E-state index in [9.17, 15) is 13.6 Å². The van der Waals surface area contributed by atoms with Crippen LogP contribution in [0.5, 0.6) is 5.75 Å². The number of nitrogens with one attached hydrogen (secondary N) is 1. The van der Waals surface area contributed by atoms with Gasteiger partial charge in [-0.3, -0.25) is 4.79 Å². The average Bonchev–Trinajstić information content (AvgIpc) is 3.43. The maximum atomic E-state index is 13.8. The molecule has 3 heterocycles. The molecule has 162 valence electrons. The van der Waals surface area contributed by atoms with E-state index in [-0.39, 0.29) is 24.3 Å². The van der Waals surface area contributed by atoms with Crippen LogP contribution in [-0.2, 0) is 11.2 Å². The molecule has 2 aromatic heterocycles. The van der Waals surface area contributed by atoms with E-state index in [1.54, 1.807) is 4.90 Å². The molecule has 0 saturated carbocycles. The van der Waals surface area contributed by atoms with Crippen molar-refractivity contribution in [2.24, 2.45) is 0 Å². The normalized spacial score (nSPS) is 15.8. The number of amides is 1. The van der Waals surface area contributed by atoms with Crippen molar-refractivity contribution in [2.45, 2.75) is 32.2 Å². The van der Waals surface area contributed by atoms with Crippen molar-refractivity contribution in [2.75, 3.05) is 18.5 Å². The summed E-state index contributed by atoms with van der Waals surface area (Å²) in [5.41, 5.74) is 0.754. The Bertz CT molecular complexity index is 1080. The molecule has 1 aliphatic heterocycles. The highest BCUT2D eigenvalue weighted by atomic mass is 32.1. The van der Waals surface area contributed by atoms with Gasteiger partial charge < -0.3 is 15.0 Å². The van der Waals surface area contributed by atoms with Crippen LogP contribution in [0, 0.1) is 11.6 Å². The topological polar surface area (TPSA) is 80.2 Å². The first-order valence-electron chi connectivity index (χ1n) is 9.97. The number of hydrogen-bond donors (Lipinski definition) is 1. The van der Waals surface area contributed by atoms with E-state index in [0.29, 0.717) is 17.5 Å². The standard InChI is InChI=1S/C21H21F2N5O2S/c1-2-19-26-27-21(31-19)25-18-7-3-5-15(24-18)16-6-4-10-28(16)20(29)12-30-17-9-8-13(22)11-14(17)23/h3,5,7-9,11,16H,2,4,6,10,12H2,1H3,(H,24,25,27)/t16-/m1/s1. The van der Waals surface area contributed by atoms with Crippen LogP contribution in [-0.4, -0.2) is 39.1 Å². The van der Waals surface area contributed by atoms with Gasteiger partial charge in [0.2, 0.25) is 5.13 Å². The molecule has 1 saturated heterocycles. The van der Waals surface area contributed by atoms with Crippen LogP contribution < -0.4 is 10.1 Å². The number of hydrogen-bond acceptors (Lipinski definition) is 7. The number of likely N-dealkylation sites (tertiary alicyclic amines) is 1. The second-order valence-corrected chi connectivity index (χ2v) is 8.10. The second-order valence-electron chi connectivity index (χ2n) is 7.04. The zero-order valence-electron chi connectivity index (χ0n) is 16.8. The first-order chi connectivity index (χ1) is 15.0. The Balaban J connectivity index is 1.43. The number of anilines is 2. The summed E-state index contributed by atoms with van der Waals surface area (Å²) in [5, 5.41) is 12.9. The lowest BCUT2D eigenvalue weighted by molar-refractivity contribution is -0.134. The molecule has 31 heavy (non-hydrogen) atoms. The molecule has 0 radical (unpaired) electrons. The lowest BCUT2D eigenvalue weighted by atomic mass is 10.1. The van der Waals surface area contributed by atoms with Gasteiger partial charge in [-0.2, -0.15) is 0 Å². The summed E-state index contributed by atoms with van der Waals surface area (Å²) in [6, 6.07) is 8.37. The molecule has 1 fully saturated rings. The van der Waals surface area contributed by atoms with Gasteiger partial charge in [0.1, 0.15) is 16.6 Å². The molecule has 7 nitrogen and oxygen atoms in total. The molecule has 1 aromatic carbocycles. The summed E-state index contributed by atoms with van der Waals surface area (Å²) in [6.07, 6.45) is 2.42. The molecule has 4 rings (SSSR count). The average molecular weight is 445 g/mol. The summed E-state index contributed by atoms with van der Waals surface area (Å²) >= 11 is 1.47. The number of rotatable bonds is 7. The smallest absolute Gasteiger partial charge is 0.261 e. The minimum absolute atomic E-state index is 0.154. The minimum Gasteiger partial charge on any atom is -0.481 e. The monoisotopic (exact) mass is 445 g/mol. The van der Waals surface area contributed by atoms with Gasteiger partial charge in [-0.1, -0.05) is 24.3 Å². The summed E-state index contributed by atoms with van der Waals surface area (Å²) < 4.78 is 32.1.